The van der Waals surface area contributed by atoms with Crippen LogP contribution in [-0.4, -0.2) is 64.6 Å². The summed E-state index contributed by atoms with van der Waals surface area (Å²) in [6.07, 6.45) is 0.280. The molecular weight excluding hydrogens is 370 g/mol. The van der Waals surface area contributed by atoms with Gasteiger partial charge < -0.3 is 9.42 Å². The summed E-state index contributed by atoms with van der Waals surface area (Å²) in [6, 6.07) is 0. The topological polar surface area (TPSA) is 102 Å². The molecule has 1 fully saturated rings. The largest absolute Gasteiger partial charge is 0.360 e. The summed E-state index contributed by atoms with van der Waals surface area (Å²) in [5.74, 6) is 0.275. The van der Waals surface area contributed by atoms with E-state index in [2.05, 4.69) is 10.3 Å². The van der Waals surface area contributed by atoms with Crippen molar-refractivity contribution in [2.75, 3.05) is 26.2 Å². The minimum Gasteiger partial charge on any atom is -0.360 e. The molecule has 0 unspecified atom stereocenters. The number of amides is 1. The molecule has 0 spiro atoms. The van der Waals surface area contributed by atoms with Gasteiger partial charge in [0.1, 0.15) is 10.6 Å². The van der Waals surface area contributed by atoms with Crippen molar-refractivity contribution in [3.8, 4) is 0 Å². The third-order valence-corrected chi connectivity index (χ3v) is 7.29. The molecule has 148 valence electrons. The molecule has 10 heteroatoms. The van der Waals surface area contributed by atoms with E-state index >= 15 is 0 Å². The lowest BCUT2D eigenvalue weighted by Crippen LogP contribution is -2.51. The Hall–Kier alpha value is -2.20. The summed E-state index contributed by atoms with van der Waals surface area (Å²) in [6.45, 7) is 8.26. The predicted octanol–water partition coefficient (Wildman–Crippen LogP) is 0.717. The van der Waals surface area contributed by atoms with Crippen LogP contribution in [0.5, 0.6) is 0 Å². The molecule has 1 aliphatic heterocycles. The van der Waals surface area contributed by atoms with Gasteiger partial charge in [0.05, 0.1) is 12.1 Å². The molecule has 27 heavy (non-hydrogen) atoms. The number of sulfonamides is 1. The summed E-state index contributed by atoms with van der Waals surface area (Å²) >= 11 is 0. The van der Waals surface area contributed by atoms with E-state index in [0.717, 1.165) is 17.0 Å². The van der Waals surface area contributed by atoms with E-state index in [9.17, 15) is 13.2 Å². The van der Waals surface area contributed by atoms with E-state index in [4.69, 9.17) is 4.52 Å². The molecule has 0 N–H and O–H groups in total. The average molecular weight is 395 g/mol. The maximum Gasteiger partial charge on any atom is 0.248 e. The summed E-state index contributed by atoms with van der Waals surface area (Å²) in [5, 5.41) is 8.07. The van der Waals surface area contributed by atoms with Crippen molar-refractivity contribution >= 4 is 15.9 Å². The quantitative estimate of drug-likeness (QED) is 0.756. The van der Waals surface area contributed by atoms with E-state index in [1.807, 2.05) is 20.9 Å². The first-order chi connectivity index (χ1) is 12.6. The Balaban J connectivity index is 1.67. The molecule has 1 aliphatic rings. The van der Waals surface area contributed by atoms with Crippen LogP contribution in [0.3, 0.4) is 0 Å². The van der Waals surface area contributed by atoms with Gasteiger partial charge in [0.2, 0.25) is 15.9 Å². The van der Waals surface area contributed by atoms with Gasteiger partial charge >= 0.3 is 0 Å². The van der Waals surface area contributed by atoms with Crippen LogP contribution in [0.25, 0.3) is 0 Å². The van der Waals surface area contributed by atoms with Gasteiger partial charge in [-0.2, -0.15) is 9.40 Å². The maximum absolute atomic E-state index is 12.9. The Morgan fingerprint density at radius 3 is 2.19 bits per heavy atom. The van der Waals surface area contributed by atoms with E-state index < -0.39 is 10.0 Å². The van der Waals surface area contributed by atoms with E-state index in [0.29, 0.717) is 18.8 Å². The SMILES string of the molecule is Cc1nn(C)c(C)c1CC(=O)N1CCN(S(=O)(=O)c2c(C)noc2C)CC1. The van der Waals surface area contributed by atoms with Crippen molar-refractivity contribution in [1.82, 2.24) is 24.1 Å². The van der Waals surface area contributed by atoms with Crippen molar-refractivity contribution < 1.29 is 17.7 Å². The van der Waals surface area contributed by atoms with Crippen LogP contribution in [0.1, 0.15) is 28.4 Å². The molecule has 2 aromatic rings. The zero-order valence-electron chi connectivity index (χ0n) is 16.3. The molecule has 9 nitrogen and oxygen atoms in total. The summed E-state index contributed by atoms with van der Waals surface area (Å²) in [4.78, 5) is 14.5. The van der Waals surface area contributed by atoms with Crippen LogP contribution < -0.4 is 0 Å². The highest BCUT2D eigenvalue weighted by atomic mass is 32.2. The molecule has 3 rings (SSSR count). The molecule has 2 aromatic heterocycles. The lowest BCUT2D eigenvalue weighted by molar-refractivity contribution is -0.131. The molecule has 0 saturated carbocycles. The highest BCUT2D eigenvalue weighted by Crippen LogP contribution is 2.24. The van der Waals surface area contributed by atoms with Crippen LogP contribution in [0, 0.1) is 27.7 Å². The maximum atomic E-state index is 12.9. The van der Waals surface area contributed by atoms with Gasteiger partial charge in [0.25, 0.3) is 0 Å². The predicted molar refractivity (Wildman–Crippen MR) is 97.7 cm³/mol. The molecule has 1 saturated heterocycles. The first-order valence-corrected chi connectivity index (χ1v) is 10.3. The number of hydrogen-bond donors (Lipinski definition) is 0. The Labute approximate surface area is 159 Å². The zero-order chi connectivity index (χ0) is 19.9. The average Bonchev–Trinajstić information content (AvgIpc) is 3.08. The molecule has 3 heterocycles. The Bertz CT molecular complexity index is 948. The standard InChI is InChI=1S/C17H25N5O4S/c1-11-15(13(3)20(5)18-11)10-16(23)21-6-8-22(9-7-21)27(24,25)17-12(2)19-26-14(17)4/h6-10H2,1-5H3. The van der Waals surface area contributed by atoms with Gasteiger partial charge in [-0.05, 0) is 27.7 Å². The minimum atomic E-state index is -3.67. The number of rotatable bonds is 4. The molecule has 0 radical (unpaired) electrons. The van der Waals surface area contributed by atoms with Crippen molar-refractivity contribution in [2.45, 2.75) is 39.0 Å². The number of carbonyl (C=O) groups excluding carboxylic acids is 1. The smallest absolute Gasteiger partial charge is 0.248 e. The third-order valence-electron chi connectivity index (χ3n) is 5.14. The van der Waals surface area contributed by atoms with Crippen molar-refractivity contribution in [3.63, 3.8) is 0 Å². The summed E-state index contributed by atoms with van der Waals surface area (Å²) in [7, 11) is -1.82. The second-order valence-electron chi connectivity index (χ2n) is 6.89. The van der Waals surface area contributed by atoms with Crippen molar-refractivity contribution in [3.05, 3.63) is 28.4 Å². The van der Waals surface area contributed by atoms with E-state index in [1.165, 1.54) is 4.31 Å². The summed E-state index contributed by atoms with van der Waals surface area (Å²) < 4.78 is 33.9. The van der Waals surface area contributed by atoms with Crippen LogP contribution in [0.15, 0.2) is 9.42 Å². The first kappa shape index (κ1) is 19.6. The summed E-state index contributed by atoms with van der Waals surface area (Å²) in [5.41, 5.74) is 3.12. The normalized spacial score (nSPS) is 16.1. The number of nitrogens with zero attached hydrogens (tertiary/aromatic N) is 5. The van der Waals surface area contributed by atoms with Gasteiger partial charge in [0, 0.05) is 44.5 Å². The molecule has 0 atom stereocenters. The number of aromatic nitrogens is 3. The van der Waals surface area contributed by atoms with Gasteiger partial charge in [-0.1, -0.05) is 5.16 Å². The van der Waals surface area contributed by atoms with Gasteiger partial charge in [0.15, 0.2) is 5.76 Å². The molecule has 0 aromatic carbocycles. The van der Waals surface area contributed by atoms with Crippen molar-refractivity contribution in [2.24, 2.45) is 7.05 Å². The number of carbonyl (C=O) groups is 1. The fourth-order valence-corrected chi connectivity index (χ4v) is 5.20. The highest BCUT2D eigenvalue weighted by molar-refractivity contribution is 7.89. The second-order valence-corrected chi connectivity index (χ2v) is 8.76. The van der Waals surface area contributed by atoms with Crippen LogP contribution >= 0.6 is 0 Å². The monoisotopic (exact) mass is 395 g/mol. The zero-order valence-corrected chi connectivity index (χ0v) is 17.1. The van der Waals surface area contributed by atoms with Gasteiger partial charge in [-0.15, -0.1) is 0 Å². The van der Waals surface area contributed by atoms with Gasteiger partial charge in [-0.25, -0.2) is 8.42 Å². The minimum absolute atomic E-state index is 0.0106. The molecule has 1 amide bonds. The Morgan fingerprint density at radius 2 is 1.70 bits per heavy atom. The lowest BCUT2D eigenvalue weighted by Gasteiger charge is -2.34. The number of hydrogen-bond acceptors (Lipinski definition) is 6. The van der Waals surface area contributed by atoms with Gasteiger partial charge in [-0.3, -0.25) is 9.48 Å². The fraction of sp³-hybridized carbons (Fsp3) is 0.588. The Morgan fingerprint density at radius 1 is 1.07 bits per heavy atom. The number of piperazine rings is 1. The lowest BCUT2D eigenvalue weighted by atomic mass is 10.1. The van der Waals surface area contributed by atoms with E-state index in [-0.39, 0.29) is 36.1 Å². The highest BCUT2D eigenvalue weighted by Gasteiger charge is 2.34. The van der Waals surface area contributed by atoms with Crippen molar-refractivity contribution in [1.29, 1.82) is 0 Å². The van der Waals surface area contributed by atoms with Crippen LogP contribution in [0.4, 0.5) is 0 Å². The molecular formula is C17H25N5O4S. The fourth-order valence-electron chi connectivity index (χ4n) is 3.49. The van der Waals surface area contributed by atoms with E-state index in [1.54, 1.807) is 23.4 Å². The second kappa shape index (κ2) is 7.08. The Kier molecular flexibility index (Phi) is 5.13. The van der Waals surface area contributed by atoms with Crippen LogP contribution in [0.2, 0.25) is 0 Å². The molecule has 0 aliphatic carbocycles. The third kappa shape index (κ3) is 3.51. The first-order valence-electron chi connectivity index (χ1n) is 8.82. The number of aryl methyl sites for hydroxylation is 4. The van der Waals surface area contributed by atoms with Crippen LogP contribution in [-0.2, 0) is 28.3 Å². The molecule has 0 bridgehead atoms.